The van der Waals surface area contributed by atoms with E-state index in [1.54, 1.807) is 0 Å². The second-order valence-electron chi connectivity index (χ2n) is 7.78. The molecule has 0 saturated heterocycles. The Hall–Kier alpha value is -1.58. The lowest BCUT2D eigenvalue weighted by molar-refractivity contribution is -0.149. The van der Waals surface area contributed by atoms with Crippen molar-refractivity contribution in [3.8, 4) is 0 Å². The topological polar surface area (TPSA) is 66.4 Å². The van der Waals surface area contributed by atoms with Crippen molar-refractivity contribution in [1.82, 2.24) is 5.32 Å². The molecule has 0 radical (unpaired) electrons. The minimum absolute atomic E-state index is 0.0511. The van der Waals surface area contributed by atoms with E-state index >= 15 is 0 Å². The Balaban J connectivity index is 1.66. The lowest BCUT2D eigenvalue weighted by Gasteiger charge is -2.26. The fraction of sp³-hybridized carbons (Fsp3) is 0.700. The highest BCUT2D eigenvalue weighted by Gasteiger charge is 2.57. The predicted molar refractivity (Wildman–Crippen MR) is 93.4 cm³/mol. The van der Waals surface area contributed by atoms with Crippen LogP contribution >= 0.6 is 0 Å². The molecule has 24 heavy (non-hydrogen) atoms. The summed E-state index contributed by atoms with van der Waals surface area (Å²) in [6.45, 7) is 4.74. The Labute approximate surface area is 144 Å². The summed E-state index contributed by atoms with van der Waals surface area (Å²) < 4.78 is 0. The van der Waals surface area contributed by atoms with E-state index < -0.39 is 11.9 Å². The number of nitrogens with one attached hydrogen (secondary N) is 1. The van der Waals surface area contributed by atoms with Gasteiger partial charge in [0.05, 0.1) is 11.8 Å². The highest BCUT2D eigenvalue weighted by Crippen LogP contribution is 2.57. The average molecular weight is 331 g/mol. The molecule has 0 spiro atoms. The van der Waals surface area contributed by atoms with Gasteiger partial charge in [-0.25, -0.2) is 0 Å². The van der Waals surface area contributed by atoms with Gasteiger partial charge in [-0.05, 0) is 70.6 Å². The maximum atomic E-state index is 12.7. The number of carboxylic acid groups (broad SMARTS) is 1. The first kappa shape index (κ1) is 17.2. The Morgan fingerprint density at radius 2 is 1.88 bits per heavy atom. The number of fused-ring (bicyclic) bond motifs is 2. The molecule has 4 heteroatoms. The van der Waals surface area contributed by atoms with Crippen molar-refractivity contribution >= 4 is 11.9 Å². The average Bonchev–Trinajstić information content (AvgIpc) is 3.11. The van der Waals surface area contributed by atoms with Crippen molar-refractivity contribution in [2.45, 2.75) is 58.8 Å². The van der Waals surface area contributed by atoms with Gasteiger partial charge in [0.25, 0.3) is 0 Å². The molecule has 1 amide bonds. The summed E-state index contributed by atoms with van der Waals surface area (Å²) in [6, 6.07) is 0. The number of aliphatic carboxylic acids is 1. The van der Waals surface area contributed by atoms with E-state index in [9.17, 15) is 14.7 Å². The lowest BCUT2D eigenvalue weighted by atomic mass is 9.78. The predicted octanol–water partition coefficient (Wildman–Crippen LogP) is 3.69. The molecule has 2 fully saturated rings. The molecule has 2 saturated carbocycles. The molecule has 0 aromatic rings. The number of carbonyl (C=O) groups excluding carboxylic acids is 1. The lowest BCUT2D eigenvalue weighted by Crippen LogP contribution is -2.41. The Morgan fingerprint density at radius 1 is 1.17 bits per heavy atom. The van der Waals surface area contributed by atoms with E-state index in [-0.39, 0.29) is 23.7 Å². The van der Waals surface area contributed by atoms with Crippen molar-refractivity contribution in [2.75, 3.05) is 6.54 Å². The standard InChI is InChI=1S/C20H29NO3/c1-12(2)16-14-8-9-15(16)18(20(23)24)17(14)19(22)21-11-10-13-6-4-3-5-7-13/h6,14-15,17-18H,3-5,7-11H2,1-2H3,(H,21,22)(H,23,24)/t14-,15-,17+,18+/m1/s1. The molecule has 0 aliphatic heterocycles. The van der Waals surface area contributed by atoms with Crippen LogP contribution in [0.3, 0.4) is 0 Å². The molecule has 0 aromatic carbocycles. The van der Waals surface area contributed by atoms with Crippen LogP contribution in [0.4, 0.5) is 0 Å². The zero-order valence-corrected chi connectivity index (χ0v) is 14.8. The number of hydrogen-bond acceptors (Lipinski definition) is 2. The van der Waals surface area contributed by atoms with Crippen LogP contribution in [-0.4, -0.2) is 23.5 Å². The highest BCUT2D eigenvalue weighted by atomic mass is 16.4. The van der Waals surface area contributed by atoms with Crippen LogP contribution in [0.5, 0.6) is 0 Å². The van der Waals surface area contributed by atoms with E-state index in [0.29, 0.717) is 6.54 Å². The van der Waals surface area contributed by atoms with Gasteiger partial charge in [0, 0.05) is 6.54 Å². The first-order valence-electron chi connectivity index (χ1n) is 9.36. The van der Waals surface area contributed by atoms with Gasteiger partial charge in [-0.3, -0.25) is 9.59 Å². The number of carboxylic acids is 1. The van der Waals surface area contributed by atoms with Gasteiger partial charge in [0.2, 0.25) is 5.91 Å². The molecule has 4 nitrogen and oxygen atoms in total. The molecule has 2 bridgehead atoms. The minimum Gasteiger partial charge on any atom is -0.481 e. The first-order chi connectivity index (χ1) is 11.5. The van der Waals surface area contributed by atoms with Crippen LogP contribution in [0.25, 0.3) is 0 Å². The quantitative estimate of drug-likeness (QED) is 0.755. The fourth-order valence-corrected chi connectivity index (χ4v) is 5.20. The summed E-state index contributed by atoms with van der Waals surface area (Å²) in [6.07, 6.45) is 9.89. The highest BCUT2D eigenvalue weighted by molar-refractivity contribution is 5.87. The second-order valence-corrected chi connectivity index (χ2v) is 7.78. The van der Waals surface area contributed by atoms with Gasteiger partial charge in [-0.1, -0.05) is 22.8 Å². The molecule has 2 N–H and O–H groups in total. The summed E-state index contributed by atoms with van der Waals surface area (Å²) in [5.41, 5.74) is 3.89. The van der Waals surface area contributed by atoms with E-state index in [1.165, 1.54) is 29.6 Å². The van der Waals surface area contributed by atoms with E-state index in [1.807, 2.05) is 0 Å². The summed E-state index contributed by atoms with van der Waals surface area (Å²) in [7, 11) is 0. The van der Waals surface area contributed by atoms with Crippen molar-refractivity contribution in [3.63, 3.8) is 0 Å². The van der Waals surface area contributed by atoms with Crippen LogP contribution < -0.4 is 5.32 Å². The van der Waals surface area contributed by atoms with Gasteiger partial charge in [-0.15, -0.1) is 0 Å². The van der Waals surface area contributed by atoms with Crippen LogP contribution in [0.1, 0.15) is 58.8 Å². The zero-order valence-electron chi connectivity index (χ0n) is 14.8. The minimum atomic E-state index is -0.809. The van der Waals surface area contributed by atoms with Crippen LogP contribution in [0.2, 0.25) is 0 Å². The summed E-state index contributed by atoms with van der Waals surface area (Å²) in [4.78, 5) is 24.5. The molecule has 132 valence electrons. The second kappa shape index (κ2) is 7.12. The molecule has 3 aliphatic rings. The fourth-order valence-electron chi connectivity index (χ4n) is 5.20. The van der Waals surface area contributed by atoms with Crippen molar-refractivity contribution in [3.05, 3.63) is 22.8 Å². The van der Waals surface area contributed by atoms with E-state index in [2.05, 4.69) is 25.2 Å². The first-order valence-corrected chi connectivity index (χ1v) is 9.36. The normalized spacial score (nSPS) is 31.8. The molecule has 4 atom stereocenters. The largest absolute Gasteiger partial charge is 0.481 e. The maximum absolute atomic E-state index is 12.7. The number of allylic oxidation sites excluding steroid dienone is 3. The third-order valence-electron chi connectivity index (χ3n) is 6.14. The monoisotopic (exact) mass is 331 g/mol. The van der Waals surface area contributed by atoms with Crippen molar-refractivity contribution < 1.29 is 14.7 Å². The SMILES string of the molecule is CC(C)=C1[C@H]2CC[C@H]1[C@H](C(=O)NCCC1=CCCCC1)[C@H]2C(=O)O. The number of hydrogen-bond donors (Lipinski definition) is 2. The molecular weight excluding hydrogens is 302 g/mol. The molecule has 0 aromatic heterocycles. The van der Waals surface area contributed by atoms with Gasteiger partial charge < -0.3 is 10.4 Å². The smallest absolute Gasteiger partial charge is 0.307 e. The Kier molecular flexibility index (Phi) is 5.12. The number of rotatable bonds is 5. The molecule has 0 heterocycles. The third kappa shape index (κ3) is 3.15. The molecule has 3 aliphatic carbocycles. The summed E-state index contributed by atoms with van der Waals surface area (Å²) >= 11 is 0. The number of amides is 1. The van der Waals surface area contributed by atoms with Crippen LogP contribution in [0.15, 0.2) is 22.8 Å². The van der Waals surface area contributed by atoms with E-state index in [4.69, 9.17) is 0 Å². The Bertz CT molecular complexity index is 586. The third-order valence-corrected chi connectivity index (χ3v) is 6.14. The Morgan fingerprint density at radius 3 is 2.46 bits per heavy atom. The van der Waals surface area contributed by atoms with Gasteiger partial charge >= 0.3 is 5.97 Å². The zero-order chi connectivity index (χ0) is 17.3. The maximum Gasteiger partial charge on any atom is 0.307 e. The number of carbonyl (C=O) groups is 2. The molecule has 0 unspecified atom stereocenters. The van der Waals surface area contributed by atoms with Crippen LogP contribution in [-0.2, 0) is 9.59 Å². The van der Waals surface area contributed by atoms with Gasteiger partial charge in [0.1, 0.15) is 0 Å². The van der Waals surface area contributed by atoms with Crippen LogP contribution in [0, 0.1) is 23.7 Å². The van der Waals surface area contributed by atoms with Gasteiger partial charge in [0.15, 0.2) is 0 Å². The van der Waals surface area contributed by atoms with E-state index in [0.717, 1.165) is 32.1 Å². The molecular formula is C20H29NO3. The summed E-state index contributed by atoms with van der Waals surface area (Å²) in [5, 5.41) is 12.7. The van der Waals surface area contributed by atoms with Crippen molar-refractivity contribution in [2.24, 2.45) is 23.7 Å². The molecule has 3 rings (SSSR count). The van der Waals surface area contributed by atoms with Gasteiger partial charge in [-0.2, -0.15) is 0 Å². The summed E-state index contributed by atoms with van der Waals surface area (Å²) in [5.74, 6) is -1.58. The van der Waals surface area contributed by atoms with Crippen molar-refractivity contribution in [1.29, 1.82) is 0 Å².